The van der Waals surface area contributed by atoms with Gasteiger partial charge >= 0.3 is 0 Å². The Morgan fingerprint density at radius 1 is 1.33 bits per heavy atom. The quantitative estimate of drug-likeness (QED) is 0.521. The lowest BCUT2D eigenvalue weighted by Crippen LogP contribution is -2.32. The number of likely N-dealkylation sites (N-methyl/N-ethyl adjacent to an activating group) is 1. The highest BCUT2D eigenvalue weighted by atomic mass is 19.1. The zero-order chi connectivity index (χ0) is 22.9. The normalized spacial score (nSPS) is 20.9. The van der Waals surface area contributed by atoms with Crippen LogP contribution in [0.5, 0.6) is 5.75 Å². The summed E-state index contributed by atoms with van der Waals surface area (Å²) in [6.07, 6.45) is 3.97. The molecule has 2 aliphatic rings. The van der Waals surface area contributed by atoms with Crippen molar-refractivity contribution in [3.8, 4) is 11.8 Å². The number of amides is 1. The van der Waals surface area contributed by atoms with E-state index in [2.05, 4.69) is 16.0 Å². The Balaban J connectivity index is 1.37. The van der Waals surface area contributed by atoms with Crippen molar-refractivity contribution in [2.45, 2.75) is 18.4 Å². The zero-order valence-electron chi connectivity index (χ0n) is 17.7. The van der Waals surface area contributed by atoms with E-state index in [-0.39, 0.29) is 35.9 Å². The minimum atomic E-state index is -0.673. The summed E-state index contributed by atoms with van der Waals surface area (Å²) in [4.78, 5) is 23.2. The number of imidazole rings is 1. The molecule has 3 atom stereocenters. The van der Waals surface area contributed by atoms with Gasteiger partial charge in [0.2, 0.25) is 0 Å². The molecule has 1 unspecified atom stereocenters. The fourth-order valence-electron chi connectivity index (χ4n) is 4.67. The smallest absolute Gasteiger partial charge is 0.257 e. The minimum Gasteiger partial charge on any atom is -0.491 e. The summed E-state index contributed by atoms with van der Waals surface area (Å²) < 4.78 is 22.5. The zero-order valence-corrected chi connectivity index (χ0v) is 17.7. The van der Waals surface area contributed by atoms with E-state index >= 15 is 4.39 Å². The van der Waals surface area contributed by atoms with E-state index in [0.717, 1.165) is 17.5 Å². The molecule has 1 aliphatic heterocycles. The van der Waals surface area contributed by atoms with Crippen LogP contribution in [0.15, 0.2) is 42.9 Å². The lowest BCUT2D eigenvalue weighted by atomic mass is 10.0. The van der Waals surface area contributed by atoms with Crippen LogP contribution in [0.3, 0.4) is 0 Å². The van der Waals surface area contributed by atoms with Gasteiger partial charge in [-0.1, -0.05) is 6.07 Å². The molecule has 0 bridgehead atoms. The van der Waals surface area contributed by atoms with Gasteiger partial charge in [-0.15, -0.1) is 0 Å². The number of fused-ring (bicyclic) bond motifs is 4. The maximum Gasteiger partial charge on any atom is 0.257 e. The number of ether oxygens (including phenoxy) is 1. The number of aromatic nitrogens is 3. The third-order valence-corrected chi connectivity index (χ3v) is 6.66. The van der Waals surface area contributed by atoms with Crippen molar-refractivity contribution in [3.05, 3.63) is 65.4 Å². The molecule has 33 heavy (non-hydrogen) atoms. The topological polar surface area (TPSA) is 110 Å². The number of nitrogen functional groups attached to an aromatic ring is 1. The molecule has 1 fully saturated rings. The van der Waals surface area contributed by atoms with E-state index in [1.54, 1.807) is 24.0 Å². The van der Waals surface area contributed by atoms with E-state index in [9.17, 15) is 4.79 Å². The number of nitrogens with two attached hydrogens (primary N) is 1. The fraction of sp³-hybridized carbons (Fsp3) is 0.250. The third-order valence-electron chi connectivity index (χ3n) is 6.66. The number of hydrogen-bond acceptors (Lipinski definition) is 6. The van der Waals surface area contributed by atoms with Crippen LogP contribution in [0.2, 0.25) is 0 Å². The first-order valence-electron chi connectivity index (χ1n) is 10.6. The van der Waals surface area contributed by atoms with E-state index in [1.807, 2.05) is 18.2 Å². The number of benzene rings is 2. The second-order valence-corrected chi connectivity index (χ2v) is 8.58. The van der Waals surface area contributed by atoms with Crippen molar-refractivity contribution in [3.63, 3.8) is 0 Å². The molecule has 2 aromatic heterocycles. The molecule has 3 heterocycles. The van der Waals surface area contributed by atoms with Crippen molar-refractivity contribution in [2.75, 3.05) is 19.4 Å². The Morgan fingerprint density at radius 3 is 2.97 bits per heavy atom. The van der Waals surface area contributed by atoms with Gasteiger partial charge in [0, 0.05) is 24.6 Å². The SMILES string of the molecule is CN(C(=O)c1cc2c(cc1F)nc(N)c1cncn12)[C@@H]1COc2ccc(C3C[C@@H]3C#N)cc21. The van der Waals surface area contributed by atoms with Crippen LogP contribution in [0.25, 0.3) is 16.6 Å². The van der Waals surface area contributed by atoms with E-state index in [0.29, 0.717) is 22.3 Å². The molecule has 1 amide bonds. The number of carbonyl (C=O) groups excluding carboxylic acids is 1. The molecule has 8 nitrogen and oxygen atoms in total. The molecule has 2 N–H and O–H groups in total. The summed E-state index contributed by atoms with van der Waals surface area (Å²) >= 11 is 0. The van der Waals surface area contributed by atoms with Crippen LogP contribution in [-0.4, -0.2) is 38.8 Å². The Labute approximate surface area is 188 Å². The monoisotopic (exact) mass is 442 g/mol. The Hall–Kier alpha value is -4.19. The summed E-state index contributed by atoms with van der Waals surface area (Å²) in [5.41, 5.74) is 9.28. The third kappa shape index (κ3) is 2.91. The number of halogens is 1. The van der Waals surface area contributed by atoms with Crippen molar-refractivity contribution in [1.82, 2.24) is 19.3 Å². The highest BCUT2D eigenvalue weighted by Crippen LogP contribution is 2.49. The second kappa shape index (κ2) is 6.90. The molecule has 9 heteroatoms. The second-order valence-electron chi connectivity index (χ2n) is 8.58. The molecular weight excluding hydrogens is 423 g/mol. The lowest BCUT2D eigenvalue weighted by molar-refractivity contribution is 0.0704. The van der Waals surface area contributed by atoms with Crippen molar-refractivity contribution in [2.24, 2.45) is 5.92 Å². The predicted octanol–water partition coefficient (Wildman–Crippen LogP) is 3.44. The summed E-state index contributed by atoms with van der Waals surface area (Å²) in [5, 5.41) is 9.16. The van der Waals surface area contributed by atoms with Crippen LogP contribution in [0, 0.1) is 23.1 Å². The Morgan fingerprint density at radius 2 is 2.18 bits per heavy atom. The first-order valence-corrected chi connectivity index (χ1v) is 10.6. The number of anilines is 1. The number of nitriles is 1. The first-order chi connectivity index (χ1) is 16.0. The van der Waals surface area contributed by atoms with Gasteiger partial charge in [0.05, 0.1) is 47.1 Å². The number of hydrogen-bond donors (Lipinski definition) is 1. The summed E-state index contributed by atoms with van der Waals surface area (Å²) in [6.45, 7) is 0.284. The maximum atomic E-state index is 15.0. The number of rotatable bonds is 3. The molecule has 6 rings (SSSR count). The van der Waals surface area contributed by atoms with Crippen LogP contribution >= 0.6 is 0 Å². The number of nitrogens with zero attached hydrogens (tertiary/aromatic N) is 5. The fourth-order valence-corrected chi connectivity index (χ4v) is 4.67. The van der Waals surface area contributed by atoms with Crippen LogP contribution in [0.4, 0.5) is 10.2 Å². The van der Waals surface area contributed by atoms with Gasteiger partial charge < -0.3 is 15.4 Å². The van der Waals surface area contributed by atoms with Gasteiger partial charge in [-0.25, -0.2) is 14.4 Å². The molecular formula is C24H19FN6O2. The highest BCUT2D eigenvalue weighted by Gasteiger charge is 2.40. The molecule has 0 spiro atoms. The van der Waals surface area contributed by atoms with E-state index < -0.39 is 11.7 Å². The van der Waals surface area contributed by atoms with Crippen LogP contribution < -0.4 is 10.5 Å². The molecule has 0 radical (unpaired) electrons. The summed E-state index contributed by atoms with van der Waals surface area (Å²) in [5.74, 6) is 0.0633. The molecule has 164 valence electrons. The Kier molecular flexibility index (Phi) is 4.08. The molecule has 1 saturated carbocycles. The van der Waals surface area contributed by atoms with Crippen molar-refractivity contribution in [1.29, 1.82) is 5.26 Å². The van der Waals surface area contributed by atoms with Gasteiger partial charge in [0.15, 0.2) is 0 Å². The molecule has 1 aliphatic carbocycles. The maximum absolute atomic E-state index is 15.0. The lowest BCUT2D eigenvalue weighted by Gasteiger charge is -2.24. The van der Waals surface area contributed by atoms with E-state index in [1.165, 1.54) is 17.0 Å². The van der Waals surface area contributed by atoms with Gasteiger partial charge in [-0.05, 0) is 30.2 Å². The van der Waals surface area contributed by atoms with Crippen molar-refractivity contribution >= 4 is 28.3 Å². The van der Waals surface area contributed by atoms with Crippen molar-refractivity contribution < 1.29 is 13.9 Å². The number of carbonyl (C=O) groups is 1. The van der Waals surface area contributed by atoms with Gasteiger partial charge in [-0.3, -0.25) is 9.20 Å². The average molecular weight is 442 g/mol. The minimum absolute atomic E-state index is 0.0394. The van der Waals surface area contributed by atoms with Gasteiger partial charge in [-0.2, -0.15) is 5.26 Å². The molecule has 0 saturated heterocycles. The molecule has 2 aromatic carbocycles. The largest absolute Gasteiger partial charge is 0.491 e. The Bertz CT molecular complexity index is 1510. The van der Waals surface area contributed by atoms with Gasteiger partial charge in [0.25, 0.3) is 5.91 Å². The van der Waals surface area contributed by atoms with Crippen LogP contribution in [-0.2, 0) is 0 Å². The summed E-state index contributed by atoms with van der Waals surface area (Å²) in [6, 6.07) is 10.5. The average Bonchev–Trinajstić information content (AvgIpc) is 3.22. The summed E-state index contributed by atoms with van der Waals surface area (Å²) in [7, 11) is 1.64. The van der Waals surface area contributed by atoms with E-state index in [4.69, 9.17) is 15.7 Å². The van der Waals surface area contributed by atoms with Crippen LogP contribution in [0.1, 0.15) is 39.9 Å². The standard InChI is InChI=1S/C24H19FN6O2/c1-30(21-10-33-22-3-2-12(4-16(21)22)14-5-13(14)8-26)24(32)15-6-19-18(7-17(15)25)29-23(27)20-9-28-11-31(19)20/h2-4,6-7,9,11,13-14,21H,5,10H2,1H3,(H2,27,29)/t13-,14?,21-/m1/s1. The highest BCUT2D eigenvalue weighted by molar-refractivity contribution is 5.98. The van der Waals surface area contributed by atoms with Gasteiger partial charge in [0.1, 0.15) is 29.5 Å². The first kappa shape index (κ1) is 19.5. The predicted molar refractivity (Wildman–Crippen MR) is 118 cm³/mol. The molecule has 4 aromatic rings.